The number of nitrogens with one attached hydrogen (secondary N) is 1. The third kappa shape index (κ3) is 6.44. The van der Waals surface area contributed by atoms with Crippen molar-refractivity contribution in [1.82, 2.24) is 9.80 Å². The molecule has 2 saturated heterocycles. The molecule has 184 valence electrons. The van der Waals surface area contributed by atoms with E-state index in [4.69, 9.17) is 0 Å². The van der Waals surface area contributed by atoms with Crippen LogP contribution in [0.2, 0.25) is 0 Å². The summed E-state index contributed by atoms with van der Waals surface area (Å²) in [4.78, 5) is 19.1. The van der Waals surface area contributed by atoms with E-state index >= 15 is 0 Å². The number of hydrogen-bond acceptors (Lipinski definition) is 4. The summed E-state index contributed by atoms with van der Waals surface area (Å²) >= 11 is 0. The Balaban J connectivity index is 1.16. The number of carbonyl (C=O) groups excluding carboxylic acids is 1. The van der Waals surface area contributed by atoms with Gasteiger partial charge in [0.25, 0.3) is 0 Å². The van der Waals surface area contributed by atoms with E-state index in [0.717, 1.165) is 82.2 Å². The largest absolute Gasteiger partial charge is 0.416 e. The molecule has 0 atom stereocenters. The molecule has 0 aliphatic carbocycles. The summed E-state index contributed by atoms with van der Waals surface area (Å²) < 4.78 is 38.3. The Morgan fingerprint density at radius 1 is 0.971 bits per heavy atom. The van der Waals surface area contributed by atoms with Crippen molar-refractivity contribution in [3.63, 3.8) is 0 Å². The van der Waals surface area contributed by atoms with Crippen LogP contribution in [0.1, 0.15) is 30.4 Å². The summed E-state index contributed by atoms with van der Waals surface area (Å²) in [5, 5.41) is 3.59. The van der Waals surface area contributed by atoms with Gasteiger partial charge in [-0.2, -0.15) is 13.2 Å². The van der Waals surface area contributed by atoms with Crippen molar-refractivity contribution in [3.8, 4) is 0 Å². The summed E-state index contributed by atoms with van der Waals surface area (Å²) in [7, 11) is 0. The van der Waals surface area contributed by atoms with Crippen LogP contribution in [0.3, 0.4) is 0 Å². The van der Waals surface area contributed by atoms with E-state index in [1.165, 1.54) is 5.56 Å². The van der Waals surface area contributed by atoms with Crippen molar-refractivity contribution < 1.29 is 18.0 Å². The number of aryl methyl sites for hydroxylation is 1. The second-order valence-corrected chi connectivity index (χ2v) is 9.29. The number of halogens is 3. The van der Waals surface area contributed by atoms with E-state index in [1.807, 2.05) is 4.90 Å². The normalized spacial score (nSPS) is 18.2. The van der Waals surface area contributed by atoms with Crippen molar-refractivity contribution in [2.45, 2.75) is 38.4 Å². The van der Waals surface area contributed by atoms with Crippen molar-refractivity contribution in [2.24, 2.45) is 0 Å². The highest BCUT2D eigenvalue weighted by atomic mass is 19.4. The van der Waals surface area contributed by atoms with Crippen LogP contribution in [-0.4, -0.2) is 67.6 Å². The standard InChI is InChI=1S/C26H33F3N4O/c1-20-3-2-4-23(19-20)30-22-9-13-33(14-10-22)25(34)11-12-31-15-17-32(18-16-31)24-7-5-21(6-8-24)26(27,28)29/h2-8,19,22,30H,9-18H2,1H3. The highest BCUT2D eigenvalue weighted by Gasteiger charge is 2.30. The summed E-state index contributed by atoms with van der Waals surface area (Å²) in [6, 6.07) is 14.1. The molecule has 5 nitrogen and oxygen atoms in total. The Labute approximate surface area is 199 Å². The van der Waals surface area contributed by atoms with Crippen LogP contribution in [0, 0.1) is 6.92 Å². The van der Waals surface area contributed by atoms with E-state index in [2.05, 4.69) is 46.3 Å². The number of piperazine rings is 1. The minimum atomic E-state index is -4.31. The van der Waals surface area contributed by atoms with E-state index in [0.29, 0.717) is 12.5 Å². The predicted octanol–water partition coefficient (Wildman–Crippen LogP) is 4.63. The number of anilines is 2. The Hall–Kier alpha value is -2.74. The lowest BCUT2D eigenvalue weighted by molar-refractivity contribution is -0.137. The first-order valence-corrected chi connectivity index (χ1v) is 12.0. The van der Waals surface area contributed by atoms with Gasteiger partial charge < -0.3 is 15.1 Å². The fourth-order valence-electron chi connectivity index (χ4n) is 4.75. The second-order valence-electron chi connectivity index (χ2n) is 9.29. The maximum Gasteiger partial charge on any atom is 0.416 e. The van der Waals surface area contributed by atoms with Crippen LogP contribution >= 0.6 is 0 Å². The lowest BCUT2D eigenvalue weighted by Gasteiger charge is -2.37. The number of amides is 1. The predicted molar refractivity (Wildman–Crippen MR) is 129 cm³/mol. The molecular formula is C26H33F3N4O. The number of benzene rings is 2. The quantitative estimate of drug-likeness (QED) is 0.663. The first-order chi connectivity index (χ1) is 16.3. The lowest BCUT2D eigenvalue weighted by atomic mass is 10.0. The van der Waals surface area contributed by atoms with Gasteiger partial charge in [0.1, 0.15) is 0 Å². The number of alkyl halides is 3. The molecule has 34 heavy (non-hydrogen) atoms. The Bertz CT molecular complexity index is 947. The molecule has 2 aromatic carbocycles. The van der Waals surface area contributed by atoms with Crippen molar-refractivity contribution in [3.05, 3.63) is 59.7 Å². The van der Waals surface area contributed by atoms with Gasteiger partial charge in [-0.1, -0.05) is 12.1 Å². The fourth-order valence-corrected chi connectivity index (χ4v) is 4.75. The van der Waals surface area contributed by atoms with Crippen molar-refractivity contribution in [1.29, 1.82) is 0 Å². The van der Waals surface area contributed by atoms with Crippen LogP contribution in [0.15, 0.2) is 48.5 Å². The number of rotatable bonds is 6. The Morgan fingerprint density at radius 2 is 1.65 bits per heavy atom. The SMILES string of the molecule is Cc1cccc(NC2CCN(C(=O)CCN3CCN(c4ccc(C(F)(F)F)cc4)CC3)CC2)c1. The molecule has 0 bridgehead atoms. The van der Waals surface area contributed by atoms with Gasteiger partial charge in [0.05, 0.1) is 5.56 Å². The summed E-state index contributed by atoms with van der Waals surface area (Å²) in [5.41, 5.74) is 2.56. The van der Waals surface area contributed by atoms with Crippen molar-refractivity contribution in [2.75, 3.05) is 56.0 Å². The minimum Gasteiger partial charge on any atom is -0.382 e. The van der Waals surface area contributed by atoms with Crippen LogP contribution in [0.5, 0.6) is 0 Å². The van der Waals surface area contributed by atoms with E-state index < -0.39 is 11.7 Å². The zero-order valence-electron chi connectivity index (χ0n) is 19.7. The average molecular weight is 475 g/mol. The minimum absolute atomic E-state index is 0.208. The lowest BCUT2D eigenvalue weighted by Crippen LogP contribution is -2.48. The number of carbonyl (C=O) groups is 1. The zero-order valence-corrected chi connectivity index (χ0v) is 19.7. The number of piperidine rings is 1. The highest BCUT2D eigenvalue weighted by Crippen LogP contribution is 2.30. The molecule has 1 amide bonds. The van der Waals surface area contributed by atoms with E-state index in [-0.39, 0.29) is 5.91 Å². The Morgan fingerprint density at radius 3 is 2.26 bits per heavy atom. The number of hydrogen-bond donors (Lipinski definition) is 1. The molecule has 4 rings (SSSR count). The van der Waals surface area contributed by atoms with Crippen molar-refractivity contribution >= 4 is 17.3 Å². The van der Waals surface area contributed by atoms with Gasteiger partial charge in [-0.15, -0.1) is 0 Å². The topological polar surface area (TPSA) is 38.8 Å². The summed E-state index contributed by atoms with van der Waals surface area (Å²) in [5.74, 6) is 0.208. The molecule has 0 radical (unpaired) electrons. The maximum absolute atomic E-state index is 12.8. The molecule has 2 aliphatic heterocycles. The molecule has 0 aromatic heterocycles. The van der Waals surface area contributed by atoms with Crippen LogP contribution in [0.4, 0.5) is 24.5 Å². The number of nitrogens with zero attached hydrogens (tertiary/aromatic N) is 3. The average Bonchev–Trinajstić information content (AvgIpc) is 2.83. The molecule has 0 unspecified atom stereocenters. The second kappa shape index (κ2) is 10.7. The van der Waals surface area contributed by atoms with Gasteiger partial charge in [-0.3, -0.25) is 9.69 Å². The van der Waals surface area contributed by atoms with Gasteiger partial charge in [0.2, 0.25) is 5.91 Å². The van der Waals surface area contributed by atoms with Crippen LogP contribution in [-0.2, 0) is 11.0 Å². The zero-order chi connectivity index (χ0) is 24.1. The van der Waals surface area contributed by atoms with Gasteiger partial charge in [-0.25, -0.2) is 0 Å². The fraction of sp³-hybridized carbons (Fsp3) is 0.500. The Kier molecular flexibility index (Phi) is 7.66. The third-order valence-electron chi connectivity index (χ3n) is 6.81. The van der Waals surface area contributed by atoms with Gasteiger partial charge in [-0.05, 0) is 61.7 Å². The molecule has 2 aliphatic rings. The molecule has 2 aromatic rings. The van der Waals surface area contributed by atoms with E-state index in [1.54, 1.807) is 12.1 Å². The van der Waals surface area contributed by atoms with Gasteiger partial charge in [0.15, 0.2) is 0 Å². The molecule has 1 N–H and O–H groups in total. The van der Waals surface area contributed by atoms with Crippen LogP contribution in [0.25, 0.3) is 0 Å². The third-order valence-corrected chi connectivity index (χ3v) is 6.81. The maximum atomic E-state index is 12.8. The first kappa shape index (κ1) is 24.4. The monoisotopic (exact) mass is 474 g/mol. The number of likely N-dealkylation sites (tertiary alicyclic amines) is 1. The molecule has 0 saturated carbocycles. The van der Waals surface area contributed by atoms with Crippen LogP contribution < -0.4 is 10.2 Å². The molecular weight excluding hydrogens is 441 g/mol. The molecule has 2 fully saturated rings. The summed E-state index contributed by atoms with van der Waals surface area (Å²) in [6.07, 6.45) is -1.90. The molecule has 2 heterocycles. The molecule has 8 heteroatoms. The smallest absolute Gasteiger partial charge is 0.382 e. The first-order valence-electron chi connectivity index (χ1n) is 12.0. The highest BCUT2D eigenvalue weighted by molar-refractivity contribution is 5.76. The van der Waals surface area contributed by atoms with Gasteiger partial charge >= 0.3 is 6.18 Å². The van der Waals surface area contributed by atoms with E-state index in [9.17, 15) is 18.0 Å². The van der Waals surface area contributed by atoms with Gasteiger partial charge in [0, 0.05) is 69.7 Å². The molecule has 0 spiro atoms. The summed E-state index contributed by atoms with van der Waals surface area (Å²) in [6.45, 7) is 7.47.